The van der Waals surface area contributed by atoms with Gasteiger partial charge < -0.3 is 14.7 Å². The summed E-state index contributed by atoms with van der Waals surface area (Å²) < 4.78 is 11.2. The fourth-order valence-electron chi connectivity index (χ4n) is 1.44. The fraction of sp³-hybridized carbons (Fsp3) is 0.300. The molecule has 2 rings (SSSR count). The molecule has 15 heavy (non-hydrogen) atoms. The van der Waals surface area contributed by atoms with Crippen molar-refractivity contribution < 1.29 is 8.94 Å². The number of rotatable bonds is 3. The first-order chi connectivity index (χ1) is 7.22. The van der Waals surface area contributed by atoms with Gasteiger partial charge in [0.15, 0.2) is 16.2 Å². The Morgan fingerprint density at radius 2 is 2.27 bits per heavy atom. The summed E-state index contributed by atoms with van der Waals surface area (Å²) in [6.45, 7) is 2.08. The van der Waals surface area contributed by atoms with Crippen molar-refractivity contribution in [3.8, 4) is 11.5 Å². The topological polar surface area (TPSA) is 65.2 Å². The van der Waals surface area contributed by atoms with E-state index in [4.69, 9.17) is 14.7 Å². The maximum Gasteiger partial charge on any atom is 0.207 e. The van der Waals surface area contributed by atoms with Crippen LogP contribution in [0, 0.1) is 0 Å². The average molecular weight is 271 g/mol. The van der Waals surface area contributed by atoms with Crippen molar-refractivity contribution in [1.29, 1.82) is 0 Å². The molecule has 2 heterocycles. The highest BCUT2D eigenvalue weighted by Crippen LogP contribution is 2.31. The molecule has 2 N–H and O–H groups in total. The molecule has 80 valence electrons. The number of hydrogen-bond donors (Lipinski definition) is 1. The summed E-state index contributed by atoms with van der Waals surface area (Å²) in [6, 6.07) is 3.63. The molecule has 2 aromatic heterocycles. The van der Waals surface area contributed by atoms with E-state index in [0.29, 0.717) is 22.0 Å². The second kappa shape index (κ2) is 4.10. The number of nitrogens with zero attached hydrogens (tertiary/aromatic N) is 1. The monoisotopic (exact) mass is 270 g/mol. The van der Waals surface area contributed by atoms with Crippen molar-refractivity contribution in [2.75, 3.05) is 5.73 Å². The third kappa shape index (κ3) is 1.92. The molecule has 0 saturated heterocycles. The predicted octanol–water partition coefficient (Wildman–Crippen LogP) is 3.23. The van der Waals surface area contributed by atoms with Crippen molar-refractivity contribution in [1.82, 2.24) is 5.16 Å². The molecule has 0 fully saturated rings. The van der Waals surface area contributed by atoms with E-state index < -0.39 is 0 Å². The molecule has 5 heteroatoms. The summed E-state index contributed by atoms with van der Waals surface area (Å²) in [5, 5.41) is 3.75. The Balaban J connectivity index is 2.43. The molecule has 0 saturated carbocycles. The minimum atomic E-state index is 0.444. The summed E-state index contributed by atoms with van der Waals surface area (Å²) in [4.78, 5) is 0. The number of hydrogen-bond acceptors (Lipinski definition) is 4. The van der Waals surface area contributed by atoms with Crippen LogP contribution in [0.4, 0.5) is 5.82 Å². The standard InChI is InChI=1S/C10H11BrN2O2/c1-2-3-6-9(15-13-10(6)12)7-4-5-8(11)14-7/h4-5H,2-3H2,1H3,(H2,12,13). The largest absolute Gasteiger partial charge is 0.446 e. The van der Waals surface area contributed by atoms with Crippen LogP contribution in [-0.4, -0.2) is 5.16 Å². The van der Waals surface area contributed by atoms with Gasteiger partial charge in [-0.1, -0.05) is 18.5 Å². The molecule has 2 aromatic rings. The van der Waals surface area contributed by atoms with Gasteiger partial charge in [0.2, 0.25) is 5.76 Å². The Labute approximate surface area is 95.6 Å². The zero-order chi connectivity index (χ0) is 10.8. The highest BCUT2D eigenvalue weighted by molar-refractivity contribution is 9.10. The van der Waals surface area contributed by atoms with E-state index in [9.17, 15) is 0 Å². The molecule has 0 radical (unpaired) electrons. The lowest BCUT2D eigenvalue weighted by Crippen LogP contribution is -1.92. The molecule has 0 aliphatic rings. The summed E-state index contributed by atoms with van der Waals surface area (Å²) in [5.74, 6) is 1.72. The van der Waals surface area contributed by atoms with Crippen LogP contribution in [0.1, 0.15) is 18.9 Å². The summed E-state index contributed by atoms with van der Waals surface area (Å²) in [5.41, 5.74) is 6.63. The Morgan fingerprint density at radius 3 is 2.87 bits per heavy atom. The lowest BCUT2D eigenvalue weighted by Gasteiger charge is -1.96. The zero-order valence-electron chi connectivity index (χ0n) is 8.29. The Bertz CT molecular complexity index is 462. The van der Waals surface area contributed by atoms with Gasteiger partial charge in [-0.2, -0.15) is 0 Å². The second-order valence-corrected chi connectivity index (χ2v) is 4.01. The molecule has 0 aliphatic carbocycles. The lowest BCUT2D eigenvalue weighted by molar-refractivity contribution is 0.417. The van der Waals surface area contributed by atoms with Crippen LogP contribution in [-0.2, 0) is 6.42 Å². The van der Waals surface area contributed by atoms with E-state index in [1.165, 1.54) is 0 Å². The van der Waals surface area contributed by atoms with Crippen molar-refractivity contribution in [2.45, 2.75) is 19.8 Å². The molecule has 0 amide bonds. The van der Waals surface area contributed by atoms with Gasteiger partial charge in [-0.3, -0.25) is 0 Å². The van der Waals surface area contributed by atoms with Gasteiger partial charge in [-0.15, -0.1) is 0 Å². The number of nitrogens with two attached hydrogens (primary N) is 1. The predicted molar refractivity (Wildman–Crippen MR) is 60.3 cm³/mol. The van der Waals surface area contributed by atoms with Crippen LogP contribution in [0.5, 0.6) is 0 Å². The quantitative estimate of drug-likeness (QED) is 0.930. The molecular weight excluding hydrogens is 260 g/mol. The van der Waals surface area contributed by atoms with Gasteiger partial charge >= 0.3 is 0 Å². The normalized spacial score (nSPS) is 10.8. The number of nitrogen functional groups attached to an aromatic ring is 1. The Morgan fingerprint density at radius 1 is 1.47 bits per heavy atom. The van der Waals surface area contributed by atoms with Crippen molar-refractivity contribution >= 4 is 21.7 Å². The highest BCUT2D eigenvalue weighted by atomic mass is 79.9. The summed E-state index contributed by atoms with van der Waals surface area (Å²) in [6.07, 6.45) is 1.82. The molecule has 0 bridgehead atoms. The van der Waals surface area contributed by atoms with Crippen molar-refractivity contribution in [3.63, 3.8) is 0 Å². The van der Waals surface area contributed by atoms with Crippen LogP contribution >= 0.6 is 15.9 Å². The molecular formula is C10H11BrN2O2. The van der Waals surface area contributed by atoms with Gasteiger partial charge in [-0.05, 0) is 34.5 Å². The van der Waals surface area contributed by atoms with Crippen LogP contribution in [0.25, 0.3) is 11.5 Å². The number of aromatic nitrogens is 1. The molecule has 0 aromatic carbocycles. The van der Waals surface area contributed by atoms with Gasteiger partial charge in [0, 0.05) is 5.56 Å². The van der Waals surface area contributed by atoms with Crippen LogP contribution in [0.2, 0.25) is 0 Å². The molecule has 0 aliphatic heterocycles. The van der Waals surface area contributed by atoms with Crippen molar-refractivity contribution in [3.05, 3.63) is 22.4 Å². The summed E-state index contributed by atoms with van der Waals surface area (Å²) >= 11 is 3.24. The first-order valence-electron chi connectivity index (χ1n) is 4.72. The lowest BCUT2D eigenvalue weighted by atomic mass is 10.1. The highest BCUT2D eigenvalue weighted by Gasteiger charge is 2.17. The SMILES string of the molecule is CCCc1c(N)noc1-c1ccc(Br)o1. The van der Waals surface area contributed by atoms with E-state index in [1.54, 1.807) is 0 Å². The van der Waals surface area contributed by atoms with E-state index >= 15 is 0 Å². The zero-order valence-corrected chi connectivity index (χ0v) is 9.87. The van der Waals surface area contributed by atoms with Gasteiger partial charge in [0.25, 0.3) is 0 Å². The van der Waals surface area contributed by atoms with E-state index in [1.807, 2.05) is 12.1 Å². The maximum absolute atomic E-state index is 5.71. The van der Waals surface area contributed by atoms with E-state index in [0.717, 1.165) is 18.4 Å². The first-order valence-corrected chi connectivity index (χ1v) is 5.51. The Kier molecular flexibility index (Phi) is 2.81. The summed E-state index contributed by atoms with van der Waals surface area (Å²) in [7, 11) is 0. The fourth-order valence-corrected chi connectivity index (χ4v) is 1.75. The smallest absolute Gasteiger partial charge is 0.207 e. The third-order valence-corrected chi connectivity index (χ3v) is 2.54. The first kappa shape index (κ1) is 10.3. The second-order valence-electron chi connectivity index (χ2n) is 3.23. The minimum absolute atomic E-state index is 0.444. The number of furan rings is 1. The van der Waals surface area contributed by atoms with Crippen LogP contribution in [0.3, 0.4) is 0 Å². The van der Waals surface area contributed by atoms with E-state index in [2.05, 4.69) is 28.0 Å². The van der Waals surface area contributed by atoms with Gasteiger partial charge in [0.05, 0.1) is 0 Å². The third-order valence-electron chi connectivity index (χ3n) is 2.12. The van der Waals surface area contributed by atoms with Crippen LogP contribution < -0.4 is 5.73 Å². The van der Waals surface area contributed by atoms with Crippen LogP contribution in [0.15, 0.2) is 25.7 Å². The Hall–Kier alpha value is -1.23. The molecule has 4 nitrogen and oxygen atoms in total. The van der Waals surface area contributed by atoms with Gasteiger partial charge in [0.1, 0.15) is 0 Å². The molecule has 0 unspecified atom stereocenters. The number of anilines is 1. The number of halogens is 1. The maximum atomic E-state index is 5.71. The average Bonchev–Trinajstić information content (AvgIpc) is 2.76. The molecule has 0 spiro atoms. The van der Waals surface area contributed by atoms with E-state index in [-0.39, 0.29) is 0 Å². The van der Waals surface area contributed by atoms with Gasteiger partial charge in [-0.25, -0.2) is 0 Å². The minimum Gasteiger partial charge on any atom is -0.446 e. The van der Waals surface area contributed by atoms with Crippen molar-refractivity contribution in [2.24, 2.45) is 0 Å². The molecule has 0 atom stereocenters.